The Bertz CT molecular complexity index is 323. The summed E-state index contributed by atoms with van der Waals surface area (Å²) in [6.45, 7) is 6.54. The van der Waals surface area contributed by atoms with Gasteiger partial charge in [0, 0.05) is 32.7 Å². The van der Waals surface area contributed by atoms with Gasteiger partial charge in [0.2, 0.25) is 0 Å². The molecule has 0 aromatic heterocycles. The predicted molar refractivity (Wildman–Crippen MR) is 65.4 cm³/mol. The zero-order valence-corrected chi connectivity index (χ0v) is 9.99. The first-order valence-corrected chi connectivity index (χ1v) is 6.10. The Hall–Kier alpha value is -0.970. The molecule has 1 fully saturated rings. The Labute approximate surface area is 102 Å². The zero-order valence-electron chi connectivity index (χ0n) is 9.99. The van der Waals surface area contributed by atoms with E-state index in [-0.39, 0.29) is 5.82 Å². The van der Waals surface area contributed by atoms with Crippen LogP contribution in [-0.4, -0.2) is 44.3 Å². The minimum atomic E-state index is -0.179. The van der Waals surface area contributed by atoms with E-state index >= 15 is 0 Å². The molecule has 1 aromatic rings. The highest BCUT2D eigenvalue weighted by molar-refractivity contribution is 5.15. The molecule has 3 nitrogen and oxygen atoms in total. The summed E-state index contributed by atoms with van der Waals surface area (Å²) in [6.07, 6.45) is 0. The van der Waals surface area contributed by atoms with E-state index in [2.05, 4.69) is 10.2 Å². The van der Waals surface area contributed by atoms with Crippen molar-refractivity contribution in [2.45, 2.75) is 6.54 Å². The second-order valence-electron chi connectivity index (χ2n) is 4.26. The molecule has 0 amide bonds. The highest BCUT2D eigenvalue weighted by Crippen LogP contribution is 2.02. The molecule has 17 heavy (non-hydrogen) atoms. The van der Waals surface area contributed by atoms with Crippen LogP contribution in [0.2, 0.25) is 0 Å². The summed E-state index contributed by atoms with van der Waals surface area (Å²) in [5.74, 6) is -0.179. The van der Waals surface area contributed by atoms with Crippen molar-refractivity contribution < 1.29 is 9.13 Å². The molecule has 1 aromatic carbocycles. The summed E-state index contributed by atoms with van der Waals surface area (Å²) in [5, 5.41) is 3.36. The van der Waals surface area contributed by atoms with Crippen LogP contribution in [-0.2, 0) is 11.3 Å². The van der Waals surface area contributed by atoms with E-state index in [4.69, 9.17) is 4.74 Å². The van der Waals surface area contributed by atoms with E-state index < -0.39 is 0 Å². The Balaban J connectivity index is 1.60. The van der Waals surface area contributed by atoms with Gasteiger partial charge in [0.15, 0.2) is 0 Å². The topological polar surface area (TPSA) is 24.5 Å². The van der Waals surface area contributed by atoms with E-state index in [1.165, 1.54) is 12.1 Å². The zero-order chi connectivity index (χ0) is 11.9. The van der Waals surface area contributed by atoms with Gasteiger partial charge in [0.05, 0.1) is 13.2 Å². The molecule has 4 heteroatoms. The lowest BCUT2D eigenvalue weighted by atomic mass is 10.2. The number of hydrogen-bond acceptors (Lipinski definition) is 3. The van der Waals surface area contributed by atoms with Crippen LogP contribution >= 0.6 is 0 Å². The molecule has 0 atom stereocenters. The summed E-state index contributed by atoms with van der Waals surface area (Å²) in [4.78, 5) is 2.39. The fraction of sp³-hybridized carbons (Fsp3) is 0.538. The largest absolute Gasteiger partial charge is 0.379 e. The summed E-state index contributed by atoms with van der Waals surface area (Å²) in [5.41, 5.74) is 1.12. The number of morpholine rings is 1. The number of rotatable bonds is 5. The van der Waals surface area contributed by atoms with Gasteiger partial charge in [-0.3, -0.25) is 4.90 Å². The normalized spacial score (nSPS) is 17.2. The lowest BCUT2D eigenvalue weighted by molar-refractivity contribution is 0.0384. The lowest BCUT2D eigenvalue weighted by Gasteiger charge is -2.26. The molecule has 0 spiro atoms. The van der Waals surface area contributed by atoms with E-state index in [1.54, 1.807) is 0 Å². The van der Waals surface area contributed by atoms with Crippen LogP contribution in [0.25, 0.3) is 0 Å². The van der Waals surface area contributed by atoms with Crippen LogP contribution in [0.3, 0.4) is 0 Å². The van der Waals surface area contributed by atoms with Crippen LogP contribution in [0.4, 0.5) is 4.39 Å². The fourth-order valence-electron chi connectivity index (χ4n) is 1.90. The minimum absolute atomic E-state index is 0.179. The summed E-state index contributed by atoms with van der Waals surface area (Å²) in [6, 6.07) is 6.63. The lowest BCUT2D eigenvalue weighted by Crippen LogP contribution is -2.40. The van der Waals surface area contributed by atoms with Gasteiger partial charge >= 0.3 is 0 Å². The van der Waals surface area contributed by atoms with E-state index in [0.717, 1.165) is 51.5 Å². The maximum Gasteiger partial charge on any atom is 0.123 e. The first kappa shape index (κ1) is 12.5. The molecule has 2 rings (SSSR count). The third-order valence-corrected chi connectivity index (χ3v) is 2.95. The maximum atomic E-state index is 12.7. The molecular weight excluding hydrogens is 219 g/mol. The Morgan fingerprint density at radius 2 is 1.88 bits per heavy atom. The number of hydrogen-bond donors (Lipinski definition) is 1. The first-order valence-electron chi connectivity index (χ1n) is 6.10. The van der Waals surface area contributed by atoms with Gasteiger partial charge in [-0.15, -0.1) is 0 Å². The molecule has 1 aliphatic rings. The highest BCUT2D eigenvalue weighted by atomic mass is 19.1. The Morgan fingerprint density at radius 1 is 1.18 bits per heavy atom. The fourth-order valence-corrected chi connectivity index (χ4v) is 1.90. The van der Waals surface area contributed by atoms with Crippen molar-refractivity contribution in [3.05, 3.63) is 35.6 Å². The van der Waals surface area contributed by atoms with Crippen LogP contribution in [0, 0.1) is 5.82 Å². The van der Waals surface area contributed by atoms with Gasteiger partial charge < -0.3 is 10.1 Å². The molecule has 0 bridgehead atoms. The van der Waals surface area contributed by atoms with E-state index in [1.807, 2.05) is 12.1 Å². The number of halogens is 1. The van der Waals surface area contributed by atoms with Crippen molar-refractivity contribution in [2.24, 2.45) is 0 Å². The van der Waals surface area contributed by atoms with Gasteiger partial charge in [-0.2, -0.15) is 0 Å². The van der Waals surface area contributed by atoms with E-state index in [9.17, 15) is 4.39 Å². The molecule has 94 valence electrons. The van der Waals surface area contributed by atoms with Crippen molar-refractivity contribution >= 4 is 0 Å². The third-order valence-electron chi connectivity index (χ3n) is 2.95. The quantitative estimate of drug-likeness (QED) is 0.781. The van der Waals surface area contributed by atoms with Crippen LogP contribution in [0.1, 0.15) is 5.56 Å². The average molecular weight is 238 g/mol. The predicted octanol–water partition coefficient (Wildman–Crippen LogP) is 1.25. The van der Waals surface area contributed by atoms with Crippen molar-refractivity contribution in [2.75, 3.05) is 39.4 Å². The molecule has 1 aliphatic heterocycles. The molecule has 0 radical (unpaired) electrons. The van der Waals surface area contributed by atoms with Gasteiger partial charge in [-0.1, -0.05) is 12.1 Å². The number of nitrogens with zero attached hydrogens (tertiary/aromatic N) is 1. The van der Waals surface area contributed by atoms with Crippen molar-refractivity contribution in [1.29, 1.82) is 0 Å². The van der Waals surface area contributed by atoms with Gasteiger partial charge in [-0.05, 0) is 17.7 Å². The highest BCUT2D eigenvalue weighted by Gasteiger charge is 2.08. The van der Waals surface area contributed by atoms with Gasteiger partial charge in [0.1, 0.15) is 5.82 Å². The van der Waals surface area contributed by atoms with E-state index in [0.29, 0.717) is 0 Å². The Kier molecular flexibility index (Phi) is 4.91. The number of ether oxygens (including phenoxy) is 1. The average Bonchev–Trinajstić information content (AvgIpc) is 2.38. The molecule has 0 aliphatic carbocycles. The van der Waals surface area contributed by atoms with Crippen LogP contribution in [0.15, 0.2) is 24.3 Å². The SMILES string of the molecule is Fc1ccc(CNCCN2CCOCC2)cc1. The maximum absolute atomic E-state index is 12.7. The molecule has 0 saturated carbocycles. The van der Waals surface area contributed by atoms with Crippen molar-refractivity contribution in [3.8, 4) is 0 Å². The second kappa shape index (κ2) is 6.69. The first-order chi connectivity index (χ1) is 8.34. The Morgan fingerprint density at radius 3 is 2.59 bits per heavy atom. The summed E-state index contributed by atoms with van der Waals surface area (Å²) in [7, 11) is 0. The number of benzene rings is 1. The van der Waals surface area contributed by atoms with Crippen LogP contribution < -0.4 is 5.32 Å². The van der Waals surface area contributed by atoms with Gasteiger partial charge in [-0.25, -0.2) is 4.39 Å². The smallest absolute Gasteiger partial charge is 0.123 e. The third kappa shape index (κ3) is 4.42. The molecule has 1 N–H and O–H groups in total. The van der Waals surface area contributed by atoms with Gasteiger partial charge in [0.25, 0.3) is 0 Å². The van der Waals surface area contributed by atoms with Crippen LogP contribution in [0.5, 0.6) is 0 Å². The van der Waals surface area contributed by atoms with Crippen molar-refractivity contribution in [1.82, 2.24) is 10.2 Å². The molecule has 1 heterocycles. The number of nitrogens with one attached hydrogen (secondary N) is 1. The molecule has 0 unspecified atom stereocenters. The standard InChI is InChI=1S/C13H19FN2O/c14-13-3-1-12(2-4-13)11-15-5-6-16-7-9-17-10-8-16/h1-4,15H,5-11H2. The monoisotopic (exact) mass is 238 g/mol. The molecular formula is C13H19FN2O. The summed E-state index contributed by atoms with van der Waals surface area (Å²) < 4.78 is 18.0. The van der Waals surface area contributed by atoms with Crippen molar-refractivity contribution in [3.63, 3.8) is 0 Å². The minimum Gasteiger partial charge on any atom is -0.379 e. The second-order valence-corrected chi connectivity index (χ2v) is 4.26. The summed E-state index contributed by atoms with van der Waals surface area (Å²) >= 11 is 0. The molecule has 1 saturated heterocycles.